The summed E-state index contributed by atoms with van der Waals surface area (Å²) < 4.78 is 5.76. The number of ether oxygens (including phenoxy) is 1. The first-order chi connectivity index (χ1) is 11.6. The van der Waals surface area contributed by atoms with E-state index < -0.39 is 23.0 Å². The Labute approximate surface area is 152 Å². The molecule has 1 amide bonds. The fourth-order valence-corrected chi connectivity index (χ4v) is 3.37. The first-order valence-electron chi connectivity index (χ1n) is 8.13. The van der Waals surface area contributed by atoms with Crippen molar-refractivity contribution in [2.75, 3.05) is 4.90 Å². The molecule has 6 heteroatoms. The monoisotopic (exact) mass is 363 g/mol. The molecule has 0 bridgehead atoms. The minimum atomic E-state index is -1.33. The number of halogens is 1. The molecular formula is C19H22ClNO4. The molecule has 1 aliphatic rings. The molecular weight excluding hydrogens is 342 g/mol. The number of nitrogens with zero attached hydrogens (tertiary/aromatic N) is 1. The molecule has 0 radical (unpaired) electrons. The van der Waals surface area contributed by atoms with E-state index in [2.05, 4.69) is 0 Å². The molecule has 0 unspecified atom stereocenters. The van der Waals surface area contributed by atoms with Crippen molar-refractivity contribution >= 4 is 29.2 Å². The lowest BCUT2D eigenvalue weighted by Crippen LogP contribution is -2.55. The topological polar surface area (TPSA) is 66.8 Å². The summed E-state index contributed by atoms with van der Waals surface area (Å²) in [7, 11) is 0. The van der Waals surface area contributed by atoms with Gasteiger partial charge in [0.2, 0.25) is 0 Å². The molecule has 0 aliphatic heterocycles. The number of carbonyl (C=O) groups excluding carboxylic acids is 1. The normalized spacial score (nSPS) is 16.1. The lowest BCUT2D eigenvalue weighted by Gasteiger charge is -2.37. The quantitative estimate of drug-likeness (QED) is 0.824. The zero-order valence-electron chi connectivity index (χ0n) is 14.6. The third kappa shape index (κ3) is 3.91. The van der Waals surface area contributed by atoms with Crippen LogP contribution in [-0.2, 0) is 9.59 Å². The van der Waals surface area contributed by atoms with Gasteiger partial charge in [-0.1, -0.05) is 24.4 Å². The van der Waals surface area contributed by atoms with Gasteiger partial charge in [-0.15, -0.1) is 6.42 Å². The molecule has 1 aromatic carbocycles. The maximum absolute atomic E-state index is 12.4. The zero-order valence-corrected chi connectivity index (χ0v) is 15.4. The Balaban J connectivity index is 2.50. The second kappa shape index (κ2) is 6.97. The van der Waals surface area contributed by atoms with E-state index >= 15 is 0 Å². The van der Waals surface area contributed by atoms with Gasteiger partial charge in [-0.05, 0) is 57.7 Å². The molecule has 2 rings (SSSR count). The first-order valence-corrected chi connectivity index (χ1v) is 8.51. The number of hydrogen-bond acceptors (Lipinski definition) is 3. The molecule has 1 fully saturated rings. The Morgan fingerprint density at radius 1 is 1.32 bits per heavy atom. The third-order valence-corrected chi connectivity index (χ3v) is 4.47. The molecule has 0 aromatic heterocycles. The van der Waals surface area contributed by atoms with Gasteiger partial charge in [-0.3, -0.25) is 9.69 Å². The van der Waals surface area contributed by atoms with Crippen molar-refractivity contribution in [3.8, 4) is 18.1 Å². The van der Waals surface area contributed by atoms with E-state index in [9.17, 15) is 14.7 Å². The Bertz CT molecular complexity index is 724. The van der Waals surface area contributed by atoms with Crippen LogP contribution in [0.5, 0.6) is 5.75 Å². The maximum atomic E-state index is 12.4. The van der Waals surface area contributed by atoms with E-state index in [0.29, 0.717) is 29.3 Å². The summed E-state index contributed by atoms with van der Waals surface area (Å²) >= 11 is 6.30. The van der Waals surface area contributed by atoms with Gasteiger partial charge in [0.15, 0.2) is 0 Å². The van der Waals surface area contributed by atoms with Crippen LogP contribution in [0.4, 0.5) is 5.69 Å². The SMILES string of the molecule is C#CC(=O)N(c1ccc(OC(C)(C)C)c(Cl)c1)C1(C(=O)O)CCCC1. The number of hydrogen-bond donors (Lipinski definition) is 1. The third-order valence-electron chi connectivity index (χ3n) is 4.17. The van der Waals surface area contributed by atoms with Crippen LogP contribution in [0.15, 0.2) is 18.2 Å². The largest absolute Gasteiger partial charge is 0.487 e. The highest BCUT2D eigenvalue weighted by atomic mass is 35.5. The number of carboxylic acid groups (broad SMARTS) is 1. The van der Waals surface area contributed by atoms with Gasteiger partial charge >= 0.3 is 11.9 Å². The number of carboxylic acids is 1. The molecule has 0 spiro atoms. The summed E-state index contributed by atoms with van der Waals surface area (Å²) in [6.45, 7) is 5.68. The summed E-state index contributed by atoms with van der Waals surface area (Å²) in [6.07, 6.45) is 7.45. The molecule has 134 valence electrons. The Morgan fingerprint density at radius 3 is 2.36 bits per heavy atom. The molecule has 5 nitrogen and oxygen atoms in total. The number of rotatable bonds is 4. The number of benzene rings is 1. The van der Waals surface area contributed by atoms with Crippen LogP contribution in [-0.4, -0.2) is 28.1 Å². The lowest BCUT2D eigenvalue weighted by molar-refractivity contribution is -0.144. The van der Waals surface area contributed by atoms with Crippen molar-refractivity contribution in [2.24, 2.45) is 0 Å². The van der Waals surface area contributed by atoms with Crippen molar-refractivity contribution in [1.82, 2.24) is 0 Å². The summed E-state index contributed by atoms with van der Waals surface area (Å²) in [5.41, 5.74) is -1.41. The predicted molar refractivity (Wildman–Crippen MR) is 97.0 cm³/mol. The van der Waals surface area contributed by atoms with Crippen molar-refractivity contribution in [3.63, 3.8) is 0 Å². The van der Waals surface area contributed by atoms with E-state index in [1.54, 1.807) is 12.1 Å². The van der Waals surface area contributed by atoms with E-state index in [0.717, 1.165) is 12.8 Å². The predicted octanol–water partition coefficient (Wildman–Crippen LogP) is 3.88. The average molecular weight is 364 g/mol. The highest BCUT2D eigenvalue weighted by molar-refractivity contribution is 6.32. The molecule has 0 atom stereocenters. The smallest absolute Gasteiger partial charge is 0.330 e. The maximum Gasteiger partial charge on any atom is 0.330 e. The van der Waals surface area contributed by atoms with E-state index in [-0.39, 0.29) is 0 Å². The second-order valence-electron chi connectivity index (χ2n) is 7.16. The van der Waals surface area contributed by atoms with Gasteiger partial charge in [-0.2, -0.15) is 0 Å². The second-order valence-corrected chi connectivity index (χ2v) is 7.57. The van der Waals surface area contributed by atoms with E-state index in [1.165, 1.54) is 11.0 Å². The van der Waals surface area contributed by atoms with Crippen molar-refractivity contribution in [1.29, 1.82) is 0 Å². The van der Waals surface area contributed by atoms with Gasteiger partial charge in [0, 0.05) is 5.69 Å². The van der Waals surface area contributed by atoms with Crippen molar-refractivity contribution in [3.05, 3.63) is 23.2 Å². The van der Waals surface area contributed by atoms with Crippen LogP contribution < -0.4 is 9.64 Å². The minimum Gasteiger partial charge on any atom is -0.487 e. The summed E-state index contributed by atoms with van der Waals surface area (Å²) in [6, 6.07) is 4.77. The zero-order chi connectivity index (χ0) is 18.8. The number of anilines is 1. The summed E-state index contributed by atoms with van der Waals surface area (Å²) in [4.78, 5) is 25.6. The average Bonchev–Trinajstić information content (AvgIpc) is 2.99. The highest BCUT2D eigenvalue weighted by Gasteiger charge is 2.49. The van der Waals surface area contributed by atoms with Crippen LogP contribution in [0.25, 0.3) is 0 Å². The van der Waals surface area contributed by atoms with Gasteiger partial charge in [0.05, 0.1) is 5.02 Å². The number of terminal acetylenes is 1. The molecule has 1 saturated carbocycles. The van der Waals surface area contributed by atoms with Crippen LogP contribution in [0.1, 0.15) is 46.5 Å². The molecule has 25 heavy (non-hydrogen) atoms. The molecule has 1 N–H and O–H groups in total. The molecule has 0 heterocycles. The van der Waals surface area contributed by atoms with Crippen LogP contribution in [0.3, 0.4) is 0 Å². The van der Waals surface area contributed by atoms with Gasteiger partial charge in [0.1, 0.15) is 16.9 Å². The molecule has 1 aliphatic carbocycles. The van der Waals surface area contributed by atoms with Crippen molar-refractivity contribution in [2.45, 2.75) is 57.6 Å². The fourth-order valence-electron chi connectivity index (χ4n) is 3.16. The Morgan fingerprint density at radius 2 is 1.92 bits per heavy atom. The minimum absolute atomic E-state index is 0.292. The van der Waals surface area contributed by atoms with Crippen molar-refractivity contribution < 1.29 is 19.4 Å². The summed E-state index contributed by atoms with van der Waals surface area (Å²) in [5.74, 6) is 0.756. The standard InChI is InChI=1S/C19H22ClNO4/c1-5-16(22)21(19(17(23)24)10-6-7-11-19)13-8-9-15(14(20)12-13)25-18(2,3)4/h1,8-9,12H,6-7,10-11H2,2-4H3,(H,23,24). The lowest BCUT2D eigenvalue weighted by atomic mass is 9.94. The van der Waals surface area contributed by atoms with Gasteiger partial charge in [-0.25, -0.2) is 4.79 Å². The van der Waals surface area contributed by atoms with Gasteiger partial charge in [0.25, 0.3) is 0 Å². The van der Waals surface area contributed by atoms with E-state index in [4.69, 9.17) is 22.8 Å². The Hall–Kier alpha value is -2.19. The number of aliphatic carboxylic acids is 1. The summed E-state index contributed by atoms with van der Waals surface area (Å²) in [5, 5.41) is 10.1. The number of amides is 1. The highest BCUT2D eigenvalue weighted by Crippen LogP contribution is 2.41. The number of carbonyl (C=O) groups is 2. The van der Waals surface area contributed by atoms with E-state index in [1.807, 2.05) is 26.7 Å². The van der Waals surface area contributed by atoms with Gasteiger partial charge < -0.3 is 9.84 Å². The molecule has 1 aromatic rings. The fraction of sp³-hybridized carbons (Fsp3) is 0.474. The van der Waals surface area contributed by atoms with Crippen LogP contribution in [0.2, 0.25) is 5.02 Å². The van der Waals surface area contributed by atoms with Crippen LogP contribution in [0, 0.1) is 12.3 Å². The molecule has 0 saturated heterocycles. The van der Waals surface area contributed by atoms with Crippen LogP contribution >= 0.6 is 11.6 Å². The first kappa shape index (κ1) is 19.1. The Kier molecular flexibility index (Phi) is 5.34.